The van der Waals surface area contributed by atoms with Gasteiger partial charge in [0, 0.05) is 23.2 Å². The van der Waals surface area contributed by atoms with Gasteiger partial charge in [0.05, 0.1) is 17.6 Å². The summed E-state index contributed by atoms with van der Waals surface area (Å²) in [6.45, 7) is 4.87. The van der Waals surface area contributed by atoms with E-state index in [1.807, 2.05) is 26.0 Å². The van der Waals surface area contributed by atoms with Crippen LogP contribution in [0.3, 0.4) is 0 Å². The topological polar surface area (TPSA) is 112 Å². The molecule has 0 unspecified atom stereocenters. The summed E-state index contributed by atoms with van der Waals surface area (Å²) in [6.07, 6.45) is 3.54. The van der Waals surface area contributed by atoms with E-state index in [-0.39, 0.29) is 12.0 Å². The van der Waals surface area contributed by atoms with Crippen molar-refractivity contribution < 1.29 is 19.2 Å². The van der Waals surface area contributed by atoms with E-state index < -0.39 is 5.97 Å². The zero-order valence-corrected chi connectivity index (χ0v) is 20.3. The molecule has 36 heavy (non-hydrogen) atoms. The van der Waals surface area contributed by atoms with Gasteiger partial charge in [0.15, 0.2) is 0 Å². The molecule has 8 heteroatoms. The molecule has 184 valence electrons. The monoisotopic (exact) mass is 484 g/mol. The maximum Gasteiger partial charge on any atom is 0.306 e. The van der Waals surface area contributed by atoms with Crippen LogP contribution in [0.15, 0.2) is 40.9 Å². The van der Waals surface area contributed by atoms with Gasteiger partial charge in [-0.3, -0.25) is 9.69 Å². The maximum atomic E-state index is 11.3. The quantitative estimate of drug-likeness (QED) is 0.529. The van der Waals surface area contributed by atoms with E-state index in [9.17, 15) is 15.2 Å². The molecule has 2 aromatic carbocycles. The number of fused-ring (bicyclic) bond motifs is 3. The van der Waals surface area contributed by atoms with E-state index in [0.29, 0.717) is 46.6 Å². The molecule has 1 aliphatic heterocycles. The highest BCUT2D eigenvalue weighted by Gasteiger charge is 2.48. The van der Waals surface area contributed by atoms with Crippen molar-refractivity contribution in [2.75, 3.05) is 6.54 Å². The highest BCUT2D eigenvalue weighted by Crippen LogP contribution is 2.52. The SMILES string of the molecule is CC(C)Oc1ccc(-c2nc(-c3cccc4c3C[C@H]3CCN(C5CC(C(=O)O)C5)[C@@H]43)no2)cc1C#N. The standard InChI is InChI=1S/C28H28N4O4/c1-15(2)35-24-7-6-17(10-19(24)14-29)27-30-26(31-36-27)22-5-3-4-21-23(22)13-16-8-9-32(25(16)21)20-11-18(12-20)28(33)34/h3-7,10,15-16,18,20,25H,8-9,11-13H2,1-2H3,(H,33,34)/t16-,18?,20?,25-/m1/s1. The highest BCUT2D eigenvalue weighted by molar-refractivity contribution is 5.71. The molecule has 0 bridgehead atoms. The molecule has 2 heterocycles. The van der Waals surface area contributed by atoms with Crippen LogP contribution >= 0.6 is 0 Å². The van der Waals surface area contributed by atoms with Crippen molar-refractivity contribution in [3.05, 3.63) is 53.1 Å². The van der Waals surface area contributed by atoms with Gasteiger partial charge in [-0.1, -0.05) is 23.4 Å². The Morgan fingerprint density at radius 2 is 2.11 bits per heavy atom. The fraction of sp³-hybridized carbons (Fsp3) is 0.429. The van der Waals surface area contributed by atoms with E-state index in [4.69, 9.17) is 14.2 Å². The number of likely N-dealkylation sites (tertiary alicyclic amines) is 1. The van der Waals surface area contributed by atoms with E-state index in [2.05, 4.69) is 28.3 Å². The lowest BCUT2D eigenvalue weighted by Crippen LogP contribution is -2.46. The highest BCUT2D eigenvalue weighted by atomic mass is 16.5. The Morgan fingerprint density at radius 3 is 2.86 bits per heavy atom. The van der Waals surface area contributed by atoms with E-state index >= 15 is 0 Å². The van der Waals surface area contributed by atoms with Crippen LogP contribution < -0.4 is 4.74 Å². The second-order valence-electron chi connectivity index (χ2n) is 10.4. The third-order valence-electron chi connectivity index (χ3n) is 7.87. The van der Waals surface area contributed by atoms with Gasteiger partial charge in [-0.25, -0.2) is 0 Å². The Kier molecular flexibility index (Phi) is 5.53. The largest absolute Gasteiger partial charge is 0.490 e. The van der Waals surface area contributed by atoms with E-state index in [1.54, 1.807) is 12.1 Å². The molecule has 0 spiro atoms. The normalized spacial score (nSPS) is 24.7. The summed E-state index contributed by atoms with van der Waals surface area (Å²) in [5, 5.41) is 23.2. The first-order valence-corrected chi connectivity index (χ1v) is 12.6. The number of carboxylic acids is 1. The number of carboxylic acid groups (broad SMARTS) is 1. The molecule has 8 nitrogen and oxygen atoms in total. The molecular formula is C28H28N4O4. The minimum atomic E-state index is -0.673. The molecule has 3 aromatic rings. The maximum absolute atomic E-state index is 11.3. The molecule has 2 atom stereocenters. The second kappa shape index (κ2) is 8.75. The van der Waals surface area contributed by atoms with Crippen LogP contribution in [0.1, 0.15) is 55.8 Å². The number of nitriles is 1. The zero-order valence-electron chi connectivity index (χ0n) is 20.3. The fourth-order valence-electron chi connectivity index (χ4n) is 6.14. The van der Waals surface area contributed by atoms with Crippen molar-refractivity contribution in [3.63, 3.8) is 0 Å². The molecule has 2 aliphatic carbocycles. The number of aromatic nitrogens is 2. The number of hydrogen-bond donors (Lipinski definition) is 1. The minimum absolute atomic E-state index is 0.0311. The number of rotatable bonds is 6. The molecule has 6 rings (SSSR count). The van der Waals surface area contributed by atoms with Crippen molar-refractivity contribution >= 4 is 5.97 Å². The summed E-state index contributed by atoms with van der Waals surface area (Å²) in [7, 11) is 0. The van der Waals surface area contributed by atoms with Crippen molar-refractivity contribution in [2.45, 2.75) is 57.7 Å². The first kappa shape index (κ1) is 22.7. The molecule has 2 fully saturated rings. The lowest BCUT2D eigenvalue weighted by atomic mass is 9.79. The van der Waals surface area contributed by atoms with Crippen LogP contribution in [0.4, 0.5) is 0 Å². The van der Waals surface area contributed by atoms with Crippen molar-refractivity contribution in [2.24, 2.45) is 11.8 Å². The Bertz CT molecular complexity index is 1370. The lowest BCUT2D eigenvalue weighted by Gasteiger charge is -2.42. The number of benzene rings is 2. The van der Waals surface area contributed by atoms with Crippen LogP contribution in [-0.2, 0) is 11.2 Å². The van der Waals surface area contributed by atoms with Crippen molar-refractivity contribution in [1.29, 1.82) is 5.26 Å². The van der Waals surface area contributed by atoms with Crippen LogP contribution in [-0.4, -0.2) is 44.8 Å². The number of aliphatic carboxylic acids is 1. The van der Waals surface area contributed by atoms with Gasteiger partial charge in [-0.15, -0.1) is 0 Å². The van der Waals surface area contributed by atoms with Gasteiger partial charge in [-0.05, 0) is 81.3 Å². The molecule has 1 saturated heterocycles. The molecule has 1 saturated carbocycles. The van der Waals surface area contributed by atoms with Crippen molar-refractivity contribution in [3.8, 4) is 34.7 Å². The summed E-state index contributed by atoms with van der Waals surface area (Å²) in [6, 6.07) is 14.5. The molecule has 0 radical (unpaired) electrons. The zero-order chi connectivity index (χ0) is 25.0. The molecule has 1 aromatic heterocycles. The smallest absolute Gasteiger partial charge is 0.306 e. The minimum Gasteiger partial charge on any atom is -0.490 e. The van der Waals surface area contributed by atoms with Gasteiger partial charge in [0.2, 0.25) is 5.82 Å². The van der Waals surface area contributed by atoms with E-state index in [0.717, 1.165) is 37.8 Å². The first-order valence-electron chi connectivity index (χ1n) is 12.6. The molecule has 1 N–H and O–H groups in total. The van der Waals surface area contributed by atoms with Gasteiger partial charge < -0.3 is 14.4 Å². The number of nitrogens with zero attached hydrogens (tertiary/aromatic N) is 4. The Hall–Kier alpha value is -3.70. The summed E-state index contributed by atoms with van der Waals surface area (Å²) in [4.78, 5) is 18.5. The number of carbonyl (C=O) groups is 1. The predicted molar refractivity (Wildman–Crippen MR) is 131 cm³/mol. The van der Waals surface area contributed by atoms with Crippen LogP contribution in [0.5, 0.6) is 5.75 Å². The van der Waals surface area contributed by atoms with Crippen LogP contribution in [0.25, 0.3) is 22.8 Å². The summed E-state index contributed by atoms with van der Waals surface area (Å²) in [5.41, 5.74) is 4.65. The van der Waals surface area contributed by atoms with Gasteiger partial charge >= 0.3 is 5.97 Å². The van der Waals surface area contributed by atoms with Crippen LogP contribution in [0, 0.1) is 23.2 Å². The molecule has 3 aliphatic rings. The van der Waals surface area contributed by atoms with Gasteiger partial charge in [-0.2, -0.15) is 10.2 Å². The number of ether oxygens (including phenoxy) is 1. The summed E-state index contributed by atoms with van der Waals surface area (Å²) >= 11 is 0. The summed E-state index contributed by atoms with van der Waals surface area (Å²) in [5.74, 6) is 1.10. The predicted octanol–water partition coefficient (Wildman–Crippen LogP) is 4.84. The third kappa shape index (κ3) is 3.75. The first-order chi connectivity index (χ1) is 17.4. The van der Waals surface area contributed by atoms with E-state index in [1.165, 1.54) is 11.1 Å². The molecule has 0 amide bonds. The average molecular weight is 485 g/mol. The number of hydrogen-bond acceptors (Lipinski definition) is 7. The Morgan fingerprint density at radius 1 is 1.28 bits per heavy atom. The van der Waals surface area contributed by atoms with Gasteiger partial charge in [0.1, 0.15) is 11.8 Å². The fourth-order valence-corrected chi connectivity index (χ4v) is 6.14. The van der Waals surface area contributed by atoms with Crippen LogP contribution in [0.2, 0.25) is 0 Å². The molecular weight excluding hydrogens is 456 g/mol. The second-order valence-corrected chi connectivity index (χ2v) is 10.4. The average Bonchev–Trinajstić information content (AvgIpc) is 3.54. The van der Waals surface area contributed by atoms with Gasteiger partial charge in [0.25, 0.3) is 5.89 Å². The Balaban J connectivity index is 1.27. The lowest BCUT2D eigenvalue weighted by molar-refractivity contribution is -0.147. The van der Waals surface area contributed by atoms with Crippen molar-refractivity contribution in [1.82, 2.24) is 15.0 Å². The Labute approximate surface area is 209 Å². The summed E-state index contributed by atoms with van der Waals surface area (Å²) < 4.78 is 11.3. The third-order valence-corrected chi connectivity index (χ3v) is 7.87.